The number of carbonyl (C=O) groups excluding carboxylic acids is 1. The molecule has 0 radical (unpaired) electrons. The molecule has 1 amide bonds. The predicted molar refractivity (Wildman–Crippen MR) is 77.5 cm³/mol. The summed E-state index contributed by atoms with van der Waals surface area (Å²) in [5.41, 5.74) is 0.385. The number of amides is 1. The van der Waals surface area contributed by atoms with Gasteiger partial charge in [0.25, 0.3) is 0 Å². The second kappa shape index (κ2) is 6.08. The number of carbonyl (C=O) groups is 1. The lowest BCUT2D eigenvalue weighted by Gasteiger charge is -2.35. The van der Waals surface area contributed by atoms with Crippen molar-refractivity contribution in [3.8, 4) is 6.07 Å². The molecule has 3 rings (SSSR count). The lowest BCUT2D eigenvalue weighted by molar-refractivity contribution is -0.128. The fourth-order valence-electron chi connectivity index (χ4n) is 3.26. The Morgan fingerprint density at radius 1 is 1.29 bits per heavy atom. The van der Waals surface area contributed by atoms with Crippen LogP contribution in [0.2, 0.25) is 0 Å². The van der Waals surface area contributed by atoms with E-state index in [-0.39, 0.29) is 5.91 Å². The number of nitrogens with zero attached hydrogens (tertiary/aromatic N) is 5. The zero-order valence-corrected chi connectivity index (χ0v) is 12.0. The van der Waals surface area contributed by atoms with Gasteiger partial charge in [0.1, 0.15) is 6.07 Å². The molecule has 1 aromatic heterocycles. The summed E-state index contributed by atoms with van der Waals surface area (Å²) in [6, 6.07) is 2.11. The van der Waals surface area contributed by atoms with Crippen molar-refractivity contribution in [3.63, 3.8) is 0 Å². The largest absolute Gasteiger partial charge is 0.354 e. The molecule has 0 saturated carbocycles. The van der Waals surface area contributed by atoms with Gasteiger partial charge >= 0.3 is 0 Å². The minimum absolute atomic E-state index is 0.282. The molecule has 3 heterocycles. The average molecular weight is 285 g/mol. The zero-order chi connectivity index (χ0) is 14.7. The van der Waals surface area contributed by atoms with Crippen molar-refractivity contribution >= 4 is 11.7 Å². The summed E-state index contributed by atoms with van der Waals surface area (Å²) in [5.74, 6) is 1.41. The van der Waals surface area contributed by atoms with E-state index >= 15 is 0 Å². The molecule has 0 bridgehead atoms. The monoisotopic (exact) mass is 285 g/mol. The Morgan fingerprint density at radius 2 is 2.14 bits per heavy atom. The van der Waals surface area contributed by atoms with Crippen LogP contribution >= 0.6 is 0 Å². The topological polar surface area (TPSA) is 73.1 Å². The normalized spacial score (nSPS) is 22.4. The molecule has 0 N–H and O–H groups in total. The van der Waals surface area contributed by atoms with Crippen LogP contribution in [0, 0.1) is 17.2 Å². The smallest absolute Gasteiger partial charge is 0.222 e. The predicted octanol–water partition coefficient (Wildman–Crippen LogP) is 1.19. The number of piperidine rings is 1. The second-order valence-corrected chi connectivity index (χ2v) is 5.74. The van der Waals surface area contributed by atoms with E-state index in [1.165, 1.54) is 0 Å². The molecule has 6 nitrogen and oxygen atoms in total. The first kappa shape index (κ1) is 13.8. The molecule has 21 heavy (non-hydrogen) atoms. The minimum Gasteiger partial charge on any atom is -0.354 e. The van der Waals surface area contributed by atoms with E-state index < -0.39 is 0 Å². The third-order valence-corrected chi connectivity index (χ3v) is 4.25. The van der Waals surface area contributed by atoms with Crippen LogP contribution < -0.4 is 4.90 Å². The lowest BCUT2D eigenvalue weighted by atomic mass is 9.97. The van der Waals surface area contributed by atoms with E-state index in [4.69, 9.17) is 5.26 Å². The number of hydrogen-bond donors (Lipinski definition) is 0. The maximum atomic E-state index is 11.7. The Balaban J connectivity index is 1.68. The van der Waals surface area contributed by atoms with Crippen LogP contribution in [0.5, 0.6) is 0 Å². The van der Waals surface area contributed by atoms with Gasteiger partial charge in [-0.15, -0.1) is 0 Å². The first-order chi connectivity index (χ1) is 10.3. The number of anilines is 1. The SMILES string of the molecule is N#Cc1nccnc1N1CCC[C@@H](CN2CCCC2=O)C1. The fraction of sp³-hybridized carbons (Fsp3) is 0.600. The van der Waals surface area contributed by atoms with Crippen LogP contribution in [-0.4, -0.2) is 47.0 Å². The number of likely N-dealkylation sites (tertiary alicyclic amines) is 1. The van der Waals surface area contributed by atoms with Gasteiger partial charge in [0.05, 0.1) is 0 Å². The first-order valence-electron chi connectivity index (χ1n) is 7.52. The van der Waals surface area contributed by atoms with Crippen molar-refractivity contribution in [1.82, 2.24) is 14.9 Å². The van der Waals surface area contributed by atoms with Crippen molar-refractivity contribution in [2.24, 2.45) is 5.92 Å². The minimum atomic E-state index is 0.282. The van der Waals surface area contributed by atoms with E-state index in [0.717, 1.165) is 45.4 Å². The Labute approximate surface area is 124 Å². The van der Waals surface area contributed by atoms with Crippen molar-refractivity contribution in [3.05, 3.63) is 18.1 Å². The van der Waals surface area contributed by atoms with Crippen LogP contribution in [0.25, 0.3) is 0 Å². The van der Waals surface area contributed by atoms with Gasteiger partial charge in [-0.05, 0) is 25.2 Å². The molecule has 0 unspecified atom stereocenters. The van der Waals surface area contributed by atoms with Crippen LogP contribution in [-0.2, 0) is 4.79 Å². The molecule has 6 heteroatoms. The van der Waals surface area contributed by atoms with Gasteiger partial charge in [-0.2, -0.15) is 5.26 Å². The molecule has 2 aliphatic heterocycles. The summed E-state index contributed by atoms with van der Waals surface area (Å²) in [4.78, 5) is 24.3. The summed E-state index contributed by atoms with van der Waals surface area (Å²) in [7, 11) is 0. The maximum absolute atomic E-state index is 11.7. The number of hydrogen-bond acceptors (Lipinski definition) is 5. The third-order valence-electron chi connectivity index (χ3n) is 4.25. The van der Waals surface area contributed by atoms with Crippen LogP contribution in [0.4, 0.5) is 5.82 Å². The van der Waals surface area contributed by atoms with Crippen LogP contribution in [0.1, 0.15) is 31.4 Å². The Hall–Kier alpha value is -2.16. The Kier molecular flexibility index (Phi) is 4.00. The van der Waals surface area contributed by atoms with Gasteiger partial charge in [0, 0.05) is 45.0 Å². The summed E-state index contributed by atoms with van der Waals surface area (Å²) in [6.45, 7) is 3.47. The standard InChI is InChI=1S/C15H19N5O/c16-9-13-15(18-6-5-17-13)20-8-1-3-12(11-20)10-19-7-2-4-14(19)21/h5-6,12H,1-4,7-8,10-11H2/t12-/m0/s1. The van der Waals surface area contributed by atoms with Gasteiger partial charge in [-0.25, -0.2) is 9.97 Å². The number of rotatable bonds is 3. The van der Waals surface area contributed by atoms with E-state index in [1.807, 2.05) is 4.90 Å². The highest BCUT2D eigenvalue weighted by Crippen LogP contribution is 2.25. The van der Waals surface area contributed by atoms with Crippen molar-refractivity contribution in [1.29, 1.82) is 5.26 Å². The van der Waals surface area contributed by atoms with Crippen molar-refractivity contribution in [2.75, 3.05) is 31.1 Å². The third kappa shape index (κ3) is 2.97. The van der Waals surface area contributed by atoms with Crippen LogP contribution in [0.3, 0.4) is 0 Å². The molecule has 1 atom stereocenters. The second-order valence-electron chi connectivity index (χ2n) is 5.74. The van der Waals surface area contributed by atoms with Gasteiger partial charge in [0.2, 0.25) is 5.91 Å². The van der Waals surface area contributed by atoms with Crippen molar-refractivity contribution in [2.45, 2.75) is 25.7 Å². The molecule has 2 saturated heterocycles. The Bertz CT molecular complexity index is 567. The highest BCUT2D eigenvalue weighted by molar-refractivity contribution is 5.78. The van der Waals surface area contributed by atoms with Crippen molar-refractivity contribution < 1.29 is 4.79 Å². The summed E-state index contributed by atoms with van der Waals surface area (Å²) in [6.07, 6.45) is 7.05. The first-order valence-corrected chi connectivity index (χ1v) is 7.52. The van der Waals surface area contributed by atoms with E-state index in [9.17, 15) is 4.79 Å². The van der Waals surface area contributed by atoms with Crippen LogP contribution in [0.15, 0.2) is 12.4 Å². The molecule has 1 aromatic rings. The molecule has 110 valence electrons. The molecule has 0 spiro atoms. The van der Waals surface area contributed by atoms with Gasteiger partial charge in [-0.3, -0.25) is 4.79 Å². The van der Waals surface area contributed by atoms with E-state index in [0.29, 0.717) is 23.9 Å². The quantitative estimate of drug-likeness (QED) is 0.834. The number of nitriles is 1. The van der Waals surface area contributed by atoms with Gasteiger partial charge < -0.3 is 9.80 Å². The lowest BCUT2D eigenvalue weighted by Crippen LogP contribution is -2.42. The van der Waals surface area contributed by atoms with E-state index in [1.54, 1.807) is 12.4 Å². The highest BCUT2D eigenvalue weighted by Gasteiger charge is 2.28. The zero-order valence-electron chi connectivity index (χ0n) is 12.0. The molecule has 2 fully saturated rings. The molecular weight excluding hydrogens is 266 g/mol. The molecule has 0 aliphatic carbocycles. The molecule has 2 aliphatic rings. The highest BCUT2D eigenvalue weighted by atomic mass is 16.2. The number of aromatic nitrogens is 2. The van der Waals surface area contributed by atoms with Gasteiger partial charge in [-0.1, -0.05) is 0 Å². The average Bonchev–Trinajstić information content (AvgIpc) is 2.93. The summed E-state index contributed by atoms with van der Waals surface area (Å²) in [5, 5.41) is 9.15. The molecule has 0 aromatic carbocycles. The van der Waals surface area contributed by atoms with Gasteiger partial charge in [0.15, 0.2) is 11.5 Å². The summed E-state index contributed by atoms with van der Waals surface area (Å²) >= 11 is 0. The maximum Gasteiger partial charge on any atom is 0.222 e. The summed E-state index contributed by atoms with van der Waals surface area (Å²) < 4.78 is 0. The van der Waals surface area contributed by atoms with E-state index in [2.05, 4.69) is 20.9 Å². The fourth-order valence-corrected chi connectivity index (χ4v) is 3.26. The molecular formula is C15H19N5O. The Morgan fingerprint density at radius 3 is 2.90 bits per heavy atom.